The maximum Gasteiger partial charge on any atom is 0.331 e. The molecule has 1 heterocycles. The number of urea groups is 1. The lowest BCUT2D eigenvalue weighted by atomic mass is 10.3. The van der Waals surface area contributed by atoms with Crippen LogP contribution in [-0.2, 0) is 4.79 Å². The van der Waals surface area contributed by atoms with E-state index in [1.54, 1.807) is 0 Å². The average Bonchev–Trinajstić information content (AvgIpc) is 2.15. The Labute approximate surface area is 74.6 Å². The van der Waals surface area contributed by atoms with Gasteiger partial charge in [0.2, 0.25) is 0 Å². The molecule has 1 aliphatic heterocycles. The third-order valence-electron chi connectivity index (χ3n) is 1.56. The highest BCUT2D eigenvalue weighted by Crippen LogP contribution is 2.33. The Morgan fingerprint density at radius 2 is 2.33 bits per heavy atom. The molecule has 0 bridgehead atoms. The van der Waals surface area contributed by atoms with E-state index >= 15 is 0 Å². The third-order valence-corrected chi connectivity index (χ3v) is 2.84. The molecule has 0 aliphatic carbocycles. The largest absolute Gasteiger partial charge is 0.350 e. The predicted octanol–water partition coefficient (Wildman–Crippen LogP) is -0.119. The lowest BCUT2D eigenvalue weighted by Crippen LogP contribution is -2.53. The summed E-state index contributed by atoms with van der Waals surface area (Å²) in [5.41, 5.74) is 7.19. The molecule has 1 aliphatic rings. The van der Waals surface area contributed by atoms with Crippen LogP contribution in [0.15, 0.2) is 0 Å². The SMILES string of the molecule is CC1(C)SCC(=O)N1NC(N)=O. The Morgan fingerprint density at radius 3 is 2.67 bits per heavy atom. The molecule has 0 unspecified atom stereocenters. The van der Waals surface area contributed by atoms with E-state index in [4.69, 9.17) is 5.73 Å². The van der Waals surface area contributed by atoms with Gasteiger partial charge in [0.05, 0.1) is 5.75 Å². The third kappa shape index (κ3) is 1.63. The molecular formula is C6H11N3O2S. The van der Waals surface area contributed by atoms with Gasteiger partial charge in [-0.3, -0.25) is 4.79 Å². The summed E-state index contributed by atoms with van der Waals surface area (Å²) in [7, 11) is 0. The zero-order chi connectivity index (χ0) is 9.35. The van der Waals surface area contributed by atoms with E-state index in [-0.39, 0.29) is 5.91 Å². The van der Waals surface area contributed by atoms with Crippen LogP contribution in [0.25, 0.3) is 0 Å². The number of hydrazine groups is 1. The van der Waals surface area contributed by atoms with Crippen LogP contribution in [0.2, 0.25) is 0 Å². The molecule has 68 valence electrons. The molecule has 1 rings (SSSR count). The summed E-state index contributed by atoms with van der Waals surface area (Å²) in [5, 5.41) is 1.26. The van der Waals surface area contributed by atoms with Crippen molar-refractivity contribution in [1.82, 2.24) is 10.4 Å². The molecule has 1 fully saturated rings. The molecule has 3 N–H and O–H groups in total. The topological polar surface area (TPSA) is 75.4 Å². The minimum atomic E-state index is -0.709. The number of nitrogens with zero attached hydrogens (tertiary/aromatic N) is 1. The smallest absolute Gasteiger partial charge is 0.331 e. The van der Waals surface area contributed by atoms with Gasteiger partial charge < -0.3 is 5.73 Å². The van der Waals surface area contributed by atoms with Gasteiger partial charge in [0, 0.05) is 0 Å². The zero-order valence-electron chi connectivity index (χ0n) is 6.96. The zero-order valence-corrected chi connectivity index (χ0v) is 7.77. The number of rotatable bonds is 1. The summed E-state index contributed by atoms with van der Waals surface area (Å²) in [4.78, 5) is 21.3. The number of thioether (sulfide) groups is 1. The fourth-order valence-electron chi connectivity index (χ4n) is 0.975. The summed E-state index contributed by atoms with van der Waals surface area (Å²) in [5.74, 6) is 0.261. The van der Waals surface area contributed by atoms with Crippen molar-refractivity contribution in [2.75, 3.05) is 5.75 Å². The first-order valence-corrected chi connectivity index (χ1v) is 4.45. The molecule has 0 atom stereocenters. The average molecular weight is 189 g/mol. The quantitative estimate of drug-likeness (QED) is 0.604. The molecule has 0 radical (unpaired) electrons. The molecule has 1 saturated heterocycles. The number of amides is 3. The fourth-order valence-corrected chi connectivity index (χ4v) is 1.86. The maximum atomic E-state index is 11.2. The van der Waals surface area contributed by atoms with Crippen molar-refractivity contribution in [3.63, 3.8) is 0 Å². The number of nitrogens with one attached hydrogen (secondary N) is 1. The van der Waals surface area contributed by atoms with Gasteiger partial charge >= 0.3 is 6.03 Å². The first-order chi connectivity index (χ1) is 5.43. The predicted molar refractivity (Wildman–Crippen MR) is 46.1 cm³/mol. The summed E-state index contributed by atoms with van der Waals surface area (Å²) >= 11 is 1.46. The first kappa shape index (κ1) is 9.18. The normalized spacial score (nSPS) is 21.2. The van der Waals surface area contributed by atoms with Crippen LogP contribution in [-0.4, -0.2) is 27.6 Å². The number of hydrogen-bond donors (Lipinski definition) is 2. The molecule has 12 heavy (non-hydrogen) atoms. The van der Waals surface area contributed by atoms with Crippen molar-refractivity contribution in [1.29, 1.82) is 0 Å². The molecule has 0 saturated carbocycles. The monoisotopic (exact) mass is 189 g/mol. The first-order valence-electron chi connectivity index (χ1n) is 3.46. The highest BCUT2D eigenvalue weighted by molar-refractivity contribution is 8.01. The van der Waals surface area contributed by atoms with Gasteiger partial charge in [-0.15, -0.1) is 11.8 Å². The second-order valence-electron chi connectivity index (χ2n) is 2.94. The Morgan fingerprint density at radius 1 is 1.75 bits per heavy atom. The highest BCUT2D eigenvalue weighted by atomic mass is 32.2. The second kappa shape index (κ2) is 2.85. The fraction of sp³-hybridized carbons (Fsp3) is 0.667. The van der Waals surface area contributed by atoms with E-state index in [2.05, 4.69) is 5.43 Å². The summed E-state index contributed by atoms with van der Waals surface area (Å²) in [6, 6.07) is -0.709. The minimum absolute atomic E-state index is 0.121. The number of primary amides is 1. The van der Waals surface area contributed by atoms with Crippen LogP contribution in [0.1, 0.15) is 13.8 Å². The van der Waals surface area contributed by atoms with Crippen LogP contribution in [0.4, 0.5) is 4.79 Å². The molecule has 0 aromatic carbocycles. The lowest BCUT2D eigenvalue weighted by molar-refractivity contribution is -0.131. The van der Waals surface area contributed by atoms with Gasteiger partial charge in [0.25, 0.3) is 5.91 Å². The number of carbonyl (C=O) groups is 2. The van der Waals surface area contributed by atoms with Gasteiger partial charge in [-0.05, 0) is 13.8 Å². The number of carbonyl (C=O) groups excluding carboxylic acids is 2. The van der Waals surface area contributed by atoms with Crippen molar-refractivity contribution in [3.05, 3.63) is 0 Å². The van der Waals surface area contributed by atoms with Crippen molar-refractivity contribution >= 4 is 23.7 Å². The van der Waals surface area contributed by atoms with Gasteiger partial charge in [-0.1, -0.05) is 0 Å². The van der Waals surface area contributed by atoms with Gasteiger partial charge in [-0.2, -0.15) is 0 Å². The van der Waals surface area contributed by atoms with E-state index < -0.39 is 10.9 Å². The van der Waals surface area contributed by atoms with Gasteiger partial charge in [0.1, 0.15) is 4.87 Å². The molecule has 5 nitrogen and oxygen atoms in total. The van der Waals surface area contributed by atoms with E-state index in [1.165, 1.54) is 16.8 Å². The van der Waals surface area contributed by atoms with Crippen LogP contribution in [0.5, 0.6) is 0 Å². The van der Waals surface area contributed by atoms with Crippen LogP contribution in [0.3, 0.4) is 0 Å². The summed E-state index contributed by atoms with van der Waals surface area (Å²) in [6.07, 6.45) is 0. The Balaban J connectivity index is 2.71. The van der Waals surface area contributed by atoms with E-state index in [1.807, 2.05) is 13.8 Å². The van der Waals surface area contributed by atoms with Crippen LogP contribution >= 0.6 is 11.8 Å². The summed E-state index contributed by atoms with van der Waals surface area (Å²) in [6.45, 7) is 3.69. The number of hydrogen-bond acceptors (Lipinski definition) is 3. The van der Waals surface area contributed by atoms with Gasteiger partial charge in [0.15, 0.2) is 0 Å². The van der Waals surface area contributed by atoms with E-state index in [9.17, 15) is 9.59 Å². The van der Waals surface area contributed by atoms with Gasteiger partial charge in [-0.25, -0.2) is 15.2 Å². The maximum absolute atomic E-state index is 11.2. The Kier molecular flexibility index (Phi) is 2.18. The minimum Gasteiger partial charge on any atom is -0.350 e. The lowest BCUT2D eigenvalue weighted by Gasteiger charge is -2.29. The molecule has 0 aromatic rings. The molecule has 3 amide bonds. The Bertz CT molecular complexity index is 229. The molecule has 6 heteroatoms. The van der Waals surface area contributed by atoms with Crippen LogP contribution in [0, 0.1) is 0 Å². The second-order valence-corrected chi connectivity index (χ2v) is 4.52. The van der Waals surface area contributed by atoms with Crippen molar-refractivity contribution < 1.29 is 9.59 Å². The van der Waals surface area contributed by atoms with Crippen LogP contribution < -0.4 is 11.2 Å². The highest BCUT2D eigenvalue weighted by Gasteiger charge is 2.39. The van der Waals surface area contributed by atoms with Crippen molar-refractivity contribution in [3.8, 4) is 0 Å². The number of nitrogens with two attached hydrogens (primary N) is 1. The van der Waals surface area contributed by atoms with E-state index in [0.717, 1.165) is 0 Å². The molecular weight excluding hydrogens is 178 g/mol. The van der Waals surface area contributed by atoms with Crippen molar-refractivity contribution in [2.24, 2.45) is 5.73 Å². The van der Waals surface area contributed by atoms with E-state index in [0.29, 0.717) is 5.75 Å². The summed E-state index contributed by atoms with van der Waals surface area (Å²) < 4.78 is 0. The molecule has 0 aromatic heterocycles. The standard InChI is InChI=1S/C6H11N3O2S/c1-6(2)9(8-5(7)11)4(10)3-12-6/h3H2,1-2H3,(H3,7,8,11). The molecule has 0 spiro atoms. The van der Waals surface area contributed by atoms with Crippen molar-refractivity contribution in [2.45, 2.75) is 18.7 Å². The Hall–Kier alpha value is -0.910.